The average Bonchev–Trinajstić information content (AvgIpc) is 2.27. The summed E-state index contributed by atoms with van der Waals surface area (Å²) in [6.45, 7) is 8.99. The molecule has 0 heterocycles. The van der Waals surface area contributed by atoms with Crippen molar-refractivity contribution in [1.82, 2.24) is 0 Å². The average molecular weight is 264 g/mol. The SMILES string of the molecule is COc1ccc(NC(C)=O)cc1NCCC(C)(C)C. The van der Waals surface area contributed by atoms with Crippen molar-refractivity contribution in [2.24, 2.45) is 5.41 Å². The summed E-state index contributed by atoms with van der Waals surface area (Å²) in [6.07, 6.45) is 1.06. The van der Waals surface area contributed by atoms with Crippen LogP contribution in [0.5, 0.6) is 5.75 Å². The van der Waals surface area contributed by atoms with Gasteiger partial charge in [0.2, 0.25) is 5.91 Å². The number of amides is 1. The van der Waals surface area contributed by atoms with Gasteiger partial charge in [-0.25, -0.2) is 0 Å². The van der Waals surface area contributed by atoms with Crippen LogP contribution in [0.2, 0.25) is 0 Å². The zero-order valence-electron chi connectivity index (χ0n) is 12.5. The van der Waals surface area contributed by atoms with Gasteiger partial charge < -0.3 is 15.4 Å². The van der Waals surface area contributed by atoms with Gasteiger partial charge in [0.15, 0.2) is 0 Å². The number of rotatable bonds is 5. The largest absolute Gasteiger partial charge is 0.495 e. The van der Waals surface area contributed by atoms with Gasteiger partial charge in [-0.3, -0.25) is 4.79 Å². The molecule has 0 aliphatic carbocycles. The number of hydrogen-bond acceptors (Lipinski definition) is 3. The number of carbonyl (C=O) groups excluding carboxylic acids is 1. The van der Waals surface area contributed by atoms with Crippen LogP contribution in [-0.4, -0.2) is 19.6 Å². The standard InChI is InChI=1S/C15H24N2O2/c1-11(18)17-12-6-7-14(19-5)13(10-12)16-9-8-15(2,3)4/h6-7,10,16H,8-9H2,1-5H3,(H,17,18). The number of methoxy groups -OCH3 is 1. The second-order valence-electron chi connectivity index (χ2n) is 5.83. The second-order valence-corrected chi connectivity index (χ2v) is 5.83. The molecule has 4 heteroatoms. The maximum atomic E-state index is 11.1. The van der Waals surface area contributed by atoms with Crippen molar-refractivity contribution in [1.29, 1.82) is 0 Å². The Labute approximate surface area is 115 Å². The van der Waals surface area contributed by atoms with Crippen molar-refractivity contribution in [2.45, 2.75) is 34.1 Å². The lowest BCUT2D eigenvalue weighted by Crippen LogP contribution is -2.13. The van der Waals surface area contributed by atoms with E-state index < -0.39 is 0 Å². The molecule has 0 bridgehead atoms. The minimum atomic E-state index is -0.0780. The highest BCUT2D eigenvalue weighted by Gasteiger charge is 2.10. The minimum Gasteiger partial charge on any atom is -0.495 e. The number of hydrogen-bond donors (Lipinski definition) is 2. The molecule has 106 valence electrons. The Morgan fingerprint density at radius 2 is 2.00 bits per heavy atom. The monoisotopic (exact) mass is 264 g/mol. The molecule has 0 aromatic heterocycles. The molecular formula is C15H24N2O2. The Morgan fingerprint density at radius 3 is 2.53 bits per heavy atom. The number of nitrogens with one attached hydrogen (secondary N) is 2. The first kappa shape index (κ1) is 15.3. The van der Waals surface area contributed by atoms with E-state index in [1.807, 2.05) is 18.2 Å². The van der Waals surface area contributed by atoms with E-state index >= 15 is 0 Å². The van der Waals surface area contributed by atoms with Crippen LogP contribution in [0.3, 0.4) is 0 Å². The molecule has 0 unspecified atom stereocenters. The van der Waals surface area contributed by atoms with Gasteiger partial charge in [-0.1, -0.05) is 20.8 Å². The highest BCUT2D eigenvalue weighted by atomic mass is 16.5. The molecule has 2 N–H and O–H groups in total. The van der Waals surface area contributed by atoms with Crippen LogP contribution < -0.4 is 15.4 Å². The predicted octanol–water partition coefficient (Wildman–Crippen LogP) is 3.50. The molecule has 4 nitrogen and oxygen atoms in total. The maximum Gasteiger partial charge on any atom is 0.221 e. The molecule has 1 aromatic rings. The first-order valence-electron chi connectivity index (χ1n) is 6.51. The highest BCUT2D eigenvalue weighted by molar-refractivity contribution is 5.89. The van der Waals surface area contributed by atoms with Gasteiger partial charge in [0, 0.05) is 19.2 Å². The number of anilines is 2. The third-order valence-corrected chi connectivity index (χ3v) is 2.71. The molecule has 19 heavy (non-hydrogen) atoms. The van der Waals surface area contributed by atoms with Crippen molar-refractivity contribution < 1.29 is 9.53 Å². The molecule has 0 aliphatic heterocycles. The zero-order valence-corrected chi connectivity index (χ0v) is 12.5. The summed E-state index contributed by atoms with van der Waals surface area (Å²) >= 11 is 0. The maximum absolute atomic E-state index is 11.1. The van der Waals surface area contributed by atoms with E-state index in [1.54, 1.807) is 7.11 Å². The Bertz CT molecular complexity index is 436. The number of ether oxygens (including phenoxy) is 1. The fourth-order valence-electron chi connectivity index (χ4n) is 1.70. The summed E-state index contributed by atoms with van der Waals surface area (Å²) in [4.78, 5) is 11.1. The summed E-state index contributed by atoms with van der Waals surface area (Å²) in [6, 6.07) is 5.57. The smallest absolute Gasteiger partial charge is 0.221 e. The van der Waals surface area contributed by atoms with Crippen molar-refractivity contribution >= 4 is 17.3 Å². The van der Waals surface area contributed by atoms with Gasteiger partial charge >= 0.3 is 0 Å². The molecule has 0 saturated carbocycles. The van der Waals surface area contributed by atoms with Crippen LogP contribution in [0.1, 0.15) is 34.1 Å². The minimum absolute atomic E-state index is 0.0780. The van der Waals surface area contributed by atoms with Crippen molar-refractivity contribution in [3.8, 4) is 5.75 Å². The van der Waals surface area contributed by atoms with Crippen LogP contribution in [0.25, 0.3) is 0 Å². The van der Waals surface area contributed by atoms with Crippen molar-refractivity contribution in [3.63, 3.8) is 0 Å². The van der Waals surface area contributed by atoms with Crippen LogP contribution in [0, 0.1) is 5.41 Å². The molecule has 0 fully saturated rings. The topological polar surface area (TPSA) is 50.4 Å². The summed E-state index contributed by atoms with van der Waals surface area (Å²) in [5, 5.41) is 6.13. The van der Waals surface area contributed by atoms with E-state index in [-0.39, 0.29) is 11.3 Å². The van der Waals surface area contributed by atoms with E-state index in [4.69, 9.17) is 4.74 Å². The quantitative estimate of drug-likeness (QED) is 0.855. The van der Waals surface area contributed by atoms with Crippen LogP contribution in [-0.2, 0) is 4.79 Å². The molecule has 0 atom stereocenters. The fraction of sp³-hybridized carbons (Fsp3) is 0.533. The molecule has 1 rings (SSSR count). The molecule has 1 amide bonds. The lowest BCUT2D eigenvalue weighted by atomic mass is 9.92. The summed E-state index contributed by atoms with van der Waals surface area (Å²) in [7, 11) is 1.64. The lowest BCUT2D eigenvalue weighted by Gasteiger charge is -2.19. The molecular weight excluding hydrogens is 240 g/mol. The van der Waals surface area contributed by atoms with Crippen molar-refractivity contribution in [3.05, 3.63) is 18.2 Å². The van der Waals surface area contributed by atoms with Crippen LogP contribution in [0.4, 0.5) is 11.4 Å². The Hall–Kier alpha value is -1.71. The fourth-order valence-corrected chi connectivity index (χ4v) is 1.70. The molecule has 0 saturated heterocycles. The second kappa shape index (κ2) is 6.45. The third-order valence-electron chi connectivity index (χ3n) is 2.71. The number of carbonyl (C=O) groups is 1. The Balaban J connectivity index is 2.75. The summed E-state index contributed by atoms with van der Waals surface area (Å²) in [5.74, 6) is 0.703. The van der Waals surface area contributed by atoms with Gasteiger partial charge in [-0.2, -0.15) is 0 Å². The Morgan fingerprint density at radius 1 is 1.32 bits per heavy atom. The van der Waals surface area contributed by atoms with Crippen LogP contribution >= 0.6 is 0 Å². The van der Waals surface area contributed by atoms with E-state index in [0.29, 0.717) is 0 Å². The predicted molar refractivity (Wildman–Crippen MR) is 79.9 cm³/mol. The van der Waals surface area contributed by atoms with Crippen molar-refractivity contribution in [2.75, 3.05) is 24.3 Å². The summed E-state index contributed by atoms with van der Waals surface area (Å²) < 4.78 is 5.31. The molecule has 0 radical (unpaired) electrons. The zero-order chi connectivity index (χ0) is 14.5. The highest BCUT2D eigenvalue weighted by Crippen LogP contribution is 2.28. The molecule has 0 aliphatic rings. The van der Waals surface area contributed by atoms with E-state index in [9.17, 15) is 4.79 Å². The van der Waals surface area contributed by atoms with E-state index in [2.05, 4.69) is 31.4 Å². The summed E-state index contributed by atoms with van der Waals surface area (Å²) in [5.41, 5.74) is 1.96. The molecule has 0 spiro atoms. The first-order chi connectivity index (χ1) is 8.81. The van der Waals surface area contributed by atoms with Gasteiger partial charge in [-0.15, -0.1) is 0 Å². The van der Waals surface area contributed by atoms with Gasteiger partial charge in [0.1, 0.15) is 5.75 Å². The van der Waals surface area contributed by atoms with Gasteiger partial charge in [0.25, 0.3) is 0 Å². The van der Waals surface area contributed by atoms with E-state index in [0.717, 1.165) is 30.1 Å². The lowest BCUT2D eigenvalue weighted by molar-refractivity contribution is -0.114. The van der Waals surface area contributed by atoms with Crippen LogP contribution in [0.15, 0.2) is 18.2 Å². The normalized spacial score (nSPS) is 11.0. The van der Waals surface area contributed by atoms with E-state index in [1.165, 1.54) is 6.92 Å². The Kier molecular flexibility index (Phi) is 5.21. The third kappa shape index (κ3) is 5.64. The first-order valence-corrected chi connectivity index (χ1v) is 6.51. The number of benzene rings is 1. The molecule has 1 aromatic carbocycles. The van der Waals surface area contributed by atoms with Gasteiger partial charge in [-0.05, 0) is 30.0 Å². The van der Waals surface area contributed by atoms with Gasteiger partial charge in [0.05, 0.1) is 12.8 Å².